The molecule has 2 aromatic rings. The van der Waals surface area contributed by atoms with Crippen molar-refractivity contribution >= 4 is 27.5 Å². The SMILES string of the molecule is COc1ccc2c(c1)sc(CCNC(=O)C1CC1)[n+]2[O-]. The summed E-state index contributed by atoms with van der Waals surface area (Å²) in [5, 5.41) is 15.7. The van der Waals surface area contributed by atoms with E-state index >= 15 is 0 Å². The lowest BCUT2D eigenvalue weighted by Crippen LogP contribution is -2.33. The molecule has 3 rings (SSSR count). The summed E-state index contributed by atoms with van der Waals surface area (Å²) in [7, 11) is 1.61. The monoisotopic (exact) mass is 292 g/mol. The fourth-order valence-corrected chi connectivity index (χ4v) is 3.18. The van der Waals surface area contributed by atoms with Gasteiger partial charge in [0.2, 0.25) is 11.4 Å². The highest BCUT2D eigenvalue weighted by molar-refractivity contribution is 7.18. The van der Waals surface area contributed by atoms with E-state index in [9.17, 15) is 10.0 Å². The van der Waals surface area contributed by atoms with Gasteiger partial charge in [-0.25, -0.2) is 0 Å². The van der Waals surface area contributed by atoms with Crippen molar-refractivity contribution in [3.8, 4) is 5.75 Å². The Balaban J connectivity index is 1.70. The normalized spacial score (nSPS) is 14.4. The van der Waals surface area contributed by atoms with Crippen molar-refractivity contribution in [2.24, 2.45) is 5.92 Å². The van der Waals surface area contributed by atoms with Crippen molar-refractivity contribution in [1.29, 1.82) is 0 Å². The van der Waals surface area contributed by atoms with Gasteiger partial charge in [-0.15, -0.1) is 0 Å². The quantitative estimate of drug-likeness (QED) is 0.672. The highest BCUT2D eigenvalue weighted by atomic mass is 32.1. The van der Waals surface area contributed by atoms with Gasteiger partial charge in [0.25, 0.3) is 5.01 Å². The van der Waals surface area contributed by atoms with E-state index in [0.717, 1.165) is 28.0 Å². The Morgan fingerprint density at radius 1 is 1.55 bits per heavy atom. The van der Waals surface area contributed by atoms with Gasteiger partial charge in [0.15, 0.2) is 0 Å². The zero-order chi connectivity index (χ0) is 14.1. The molecule has 1 fully saturated rings. The second-order valence-corrected chi connectivity index (χ2v) is 6.05. The minimum absolute atomic E-state index is 0.116. The molecule has 1 aliphatic carbocycles. The summed E-state index contributed by atoms with van der Waals surface area (Å²) < 4.78 is 7.01. The Morgan fingerprint density at radius 3 is 3.05 bits per heavy atom. The number of ether oxygens (including phenoxy) is 1. The van der Waals surface area contributed by atoms with Crippen LogP contribution >= 0.6 is 11.3 Å². The van der Waals surface area contributed by atoms with Gasteiger partial charge in [0.05, 0.1) is 13.5 Å². The number of carbonyl (C=O) groups is 1. The number of aromatic nitrogens is 1. The zero-order valence-electron chi connectivity index (χ0n) is 11.2. The maximum Gasteiger partial charge on any atom is 0.251 e. The first-order valence-corrected chi connectivity index (χ1v) is 7.47. The Labute approximate surface area is 120 Å². The van der Waals surface area contributed by atoms with E-state index in [2.05, 4.69) is 5.32 Å². The van der Waals surface area contributed by atoms with Gasteiger partial charge in [-0.3, -0.25) is 4.79 Å². The molecule has 1 aromatic heterocycles. The lowest BCUT2D eigenvalue weighted by molar-refractivity contribution is -0.580. The molecule has 0 spiro atoms. The molecular formula is C14H16N2O3S. The molecule has 6 heteroatoms. The molecule has 0 unspecified atom stereocenters. The number of hydrogen-bond acceptors (Lipinski definition) is 4. The molecule has 0 atom stereocenters. The van der Waals surface area contributed by atoms with Crippen LogP contribution < -0.4 is 14.8 Å². The second-order valence-electron chi connectivity index (χ2n) is 4.94. The van der Waals surface area contributed by atoms with Crippen LogP contribution in [0.25, 0.3) is 10.2 Å². The van der Waals surface area contributed by atoms with Crippen LogP contribution in [0.4, 0.5) is 0 Å². The van der Waals surface area contributed by atoms with Crippen LogP contribution in [0.2, 0.25) is 0 Å². The Hall–Kier alpha value is -1.82. The van der Waals surface area contributed by atoms with Crippen LogP contribution in [0.5, 0.6) is 5.75 Å². The summed E-state index contributed by atoms with van der Waals surface area (Å²) in [5.74, 6) is 1.07. The number of fused-ring (bicyclic) bond motifs is 1. The van der Waals surface area contributed by atoms with Crippen molar-refractivity contribution in [2.45, 2.75) is 19.3 Å². The lowest BCUT2D eigenvalue weighted by Gasteiger charge is -2.02. The van der Waals surface area contributed by atoms with Crippen molar-refractivity contribution < 1.29 is 14.3 Å². The summed E-state index contributed by atoms with van der Waals surface area (Å²) in [6.07, 6.45) is 2.55. The molecule has 1 saturated carbocycles. The summed E-state index contributed by atoms with van der Waals surface area (Å²) >= 11 is 1.45. The van der Waals surface area contributed by atoms with E-state index in [1.807, 2.05) is 6.07 Å². The van der Waals surface area contributed by atoms with E-state index in [0.29, 0.717) is 23.5 Å². The molecule has 20 heavy (non-hydrogen) atoms. The molecule has 1 N–H and O–H groups in total. The van der Waals surface area contributed by atoms with E-state index in [4.69, 9.17) is 4.74 Å². The highest BCUT2D eigenvalue weighted by Crippen LogP contribution is 2.29. The standard InChI is InChI=1S/C14H16N2O3S/c1-19-10-4-5-11-12(8-10)20-13(16(11)18)6-7-15-14(17)9-2-3-9/h4-5,8-9H,2-3,6-7H2,1H3,(H,15,17). The average molecular weight is 292 g/mol. The minimum atomic E-state index is 0.116. The molecule has 1 aromatic carbocycles. The Morgan fingerprint density at radius 2 is 2.35 bits per heavy atom. The number of thiazole rings is 1. The maximum atomic E-state index is 12.1. The van der Waals surface area contributed by atoms with Crippen molar-refractivity contribution in [3.63, 3.8) is 0 Å². The van der Waals surface area contributed by atoms with E-state index in [1.165, 1.54) is 11.3 Å². The van der Waals surface area contributed by atoms with Crippen LogP contribution in [-0.4, -0.2) is 19.6 Å². The van der Waals surface area contributed by atoms with Crippen molar-refractivity contribution in [2.75, 3.05) is 13.7 Å². The van der Waals surface area contributed by atoms with Gasteiger partial charge in [0.1, 0.15) is 10.4 Å². The summed E-state index contributed by atoms with van der Waals surface area (Å²) in [5.41, 5.74) is 0.652. The molecule has 1 aliphatic rings. The predicted octanol–water partition coefficient (Wildman–Crippen LogP) is 1.61. The molecule has 1 amide bonds. The van der Waals surface area contributed by atoms with Crippen LogP contribution in [0.3, 0.4) is 0 Å². The fourth-order valence-electron chi connectivity index (χ4n) is 2.11. The van der Waals surface area contributed by atoms with Gasteiger partial charge in [-0.1, -0.05) is 11.3 Å². The highest BCUT2D eigenvalue weighted by Gasteiger charge is 2.29. The van der Waals surface area contributed by atoms with Gasteiger partial charge in [-0.05, 0) is 18.9 Å². The molecule has 1 heterocycles. The molecular weight excluding hydrogens is 276 g/mol. The van der Waals surface area contributed by atoms with Crippen LogP contribution in [-0.2, 0) is 11.2 Å². The number of benzene rings is 1. The molecule has 0 aliphatic heterocycles. The molecule has 106 valence electrons. The third-order valence-corrected chi connectivity index (χ3v) is 4.58. The Bertz CT molecular complexity index is 649. The maximum absolute atomic E-state index is 12.1. The largest absolute Gasteiger partial charge is 0.617 e. The van der Waals surface area contributed by atoms with Gasteiger partial charge in [-0.2, -0.15) is 4.73 Å². The minimum Gasteiger partial charge on any atom is -0.617 e. The van der Waals surface area contributed by atoms with Gasteiger partial charge < -0.3 is 15.3 Å². The summed E-state index contributed by atoms with van der Waals surface area (Å²) in [4.78, 5) is 11.5. The smallest absolute Gasteiger partial charge is 0.251 e. The Kier molecular flexibility index (Phi) is 3.48. The van der Waals surface area contributed by atoms with Crippen LogP contribution in [0, 0.1) is 11.1 Å². The summed E-state index contributed by atoms with van der Waals surface area (Å²) in [6.45, 7) is 0.515. The predicted molar refractivity (Wildman–Crippen MR) is 76.8 cm³/mol. The number of rotatable bonds is 5. The first kappa shape index (κ1) is 13.2. The van der Waals surface area contributed by atoms with Crippen LogP contribution in [0.1, 0.15) is 17.8 Å². The van der Waals surface area contributed by atoms with E-state index in [1.54, 1.807) is 19.2 Å². The van der Waals surface area contributed by atoms with Crippen LogP contribution in [0.15, 0.2) is 18.2 Å². The number of nitrogens with zero attached hydrogens (tertiary/aromatic N) is 1. The zero-order valence-corrected chi connectivity index (χ0v) is 12.0. The van der Waals surface area contributed by atoms with Gasteiger partial charge >= 0.3 is 0 Å². The topological polar surface area (TPSA) is 65.3 Å². The summed E-state index contributed by atoms with van der Waals surface area (Å²) in [6, 6.07) is 5.41. The van der Waals surface area contributed by atoms with E-state index < -0.39 is 0 Å². The van der Waals surface area contributed by atoms with Gasteiger partial charge in [0, 0.05) is 24.6 Å². The van der Waals surface area contributed by atoms with E-state index in [-0.39, 0.29) is 11.8 Å². The lowest BCUT2D eigenvalue weighted by atomic mass is 10.3. The first-order chi connectivity index (χ1) is 9.69. The molecule has 0 radical (unpaired) electrons. The second kappa shape index (κ2) is 5.28. The molecule has 0 saturated heterocycles. The first-order valence-electron chi connectivity index (χ1n) is 6.65. The average Bonchev–Trinajstić information content (AvgIpc) is 3.25. The number of hydrogen-bond donors (Lipinski definition) is 1. The number of methoxy groups -OCH3 is 1. The third kappa shape index (κ3) is 2.56. The molecule has 0 bridgehead atoms. The van der Waals surface area contributed by atoms with Crippen molar-refractivity contribution in [3.05, 3.63) is 28.4 Å². The molecule has 5 nitrogen and oxygen atoms in total. The fraction of sp³-hybridized carbons (Fsp3) is 0.429. The number of carbonyl (C=O) groups excluding carboxylic acids is 1. The number of amides is 1. The number of nitrogens with one attached hydrogen (secondary N) is 1. The van der Waals surface area contributed by atoms with Crippen molar-refractivity contribution in [1.82, 2.24) is 5.32 Å². The third-order valence-electron chi connectivity index (χ3n) is 3.43.